The number of carbonyl (C=O) groups excluding carboxylic acids is 1. The highest BCUT2D eigenvalue weighted by molar-refractivity contribution is 7.98. The molecule has 12 heteroatoms. The maximum Gasteiger partial charge on any atom is 0.357 e. The molecule has 182 valence electrons. The van der Waals surface area contributed by atoms with Gasteiger partial charge in [0, 0.05) is 10.6 Å². The van der Waals surface area contributed by atoms with E-state index in [0.29, 0.717) is 29.4 Å². The first kappa shape index (κ1) is 25.3. The number of carbonyl (C=O) groups is 1. The molecular formula is C23H22N4O7S. The molecule has 0 aliphatic carbocycles. The van der Waals surface area contributed by atoms with Crippen LogP contribution in [-0.4, -0.2) is 40.3 Å². The molecule has 0 aliphatic rings. The molecular weight excluding hydrogens is 476 g/mol. The van der Waals surface area contributed by atoms with E-state index in [2.05, 4.69) is 10.3 Å². The third-order valence-electron chi connectivity index (χ3n) is 4.55. The van der Waals surface area contributed by atoms with Gasteiger partial charge >= 0.3 is 16.9 Å². The number of nitro groups is 1. The molecule has 0 saturated heterocycles. The fourth-order valence-corrected chi connectivity index (χ4v) is 3.50. The summed E-state index contributed by atoms with van der Waals surface area (Å²) in [5.74, 6) is 0.327. The largest absolute Gasteiger partial charge is 0.490 e. The van der Waals surface area contributed by atoms with Crippen molar-refractivity contribution in [3.8, 4) is 11.5 Å². The van der Waals surface area contributed by atoms with Gasteiger partial charge in [0.25, 0.3) is 5.91 Å². The van der Waals surface area contributed by atoms with Crippen molar-refractivity contribution in [1.29, 1.82) is 0 Å². The van der Waals surface area contributed by atoms with Crippen LogP contribution >= 0.6 is 11.8 Å². The fraction of sp³-hybridized carbons (Fsp3) is 0.174. The number of aromatic amines is 2. The monoisotopic (exact) mass is 498 g/mol. The number of hydrogen-bond donors (Lipinski definition) is 3. The minimum Gasteiger partial charge on any atom is -0.490 e. The zero-order chi connectivity index (χ0) is 25.4. The number of nitrogens with zero attached hydrogens (tertiary/aromatic N) is 1. The molecule has 11 nitrogen and oxygen atoms in total. The van der Waals surface area contributed by atoms with Gasteiger partial charge < -0.3 is 19.8 Å². The van der Waals surface area contributed by atoms with E-state index in [9.17, 15) is 24.5 Å². The smallest absolute Gasteiger partial charge is 0.357 e. The lowest BCUT2D eigenvalue weighted by Crippen LogP contribution is -2.25. The van der Waals surface area contributed by atoms with E-state index in [1.54, 1.807) is 43.0 Å². The van der Waals surface area contributed by atoms with Gasteiger partial charge in [-0.25, -0.2) is 4.79 Å². The molecule has 0 radical (unpaired) electrons. The molecule has 0 atom stereocenters. The van der Waals surface area contributed by atoms with Crippen molar-refractivity contribution in [2.75, 3.05) is 24.8 Å². The number of aromatic nitrogens is 2. The number of benzene rings is 2. The highest BCUT2D eigenvalue weighted by atomic mass is 32.2. The van der Waals surface area contributed by atoms with Crippen LogP contribution in [0, 0.1) is 10.1 Å². The lowest BCUT2D eigenvalue weighted by molar-refractivity contribution is -0.386. The van der Waals surface area contributed by atoms with E-state index in [1.807, 2.05) is 29.4 Å². The summed E-state index contributed by atoms with van der Waals surface area (Å²) >= 11 is 1.56. The first-order chi connectivity index (χ1) is 16.8. The predicted octanol–water partition coefficient (Wildman–Crippen LogP) is 3.28. The predicted molar refractivity (Wildman–Crippen MR) is 133 cm³/mol. The van der Waals surface area contributed by atoms with Crippen LogP contribution in [0.4, 0.5) is 11.4 Å². The molecule has 3 aromatic rings. The van der Waals surface area contributed by atoms with Crippen molar-refractivity contribution >= 4 is 41.2 Å². The molecule has 0 unspecified atom stereocenters. The van der Waals surface area contributed by atoms with Gasteiger partial charge in [-0.1, -0.05) is 18.2 Å². The van der Waals surface area contributed by atoms with Gasteiger partial charge in [-0.05, 0) is 55.2 Å². The number of rotatable bonds is 10. The van der Waals surface area contributed by atoms with E-state index in [4.69, 9.17) is 9.47 Å². The summed E-state index contributed by atoms with van der Waals surface area (Å²) in [6, 6.07) is 12.2. The normalized spacial score (nSPS) is 10.8. The Morgan fingerprint density at radius 2 is 1.91 bits per heavy atom. The lowest BCUT2D eigenvalue weighted by atomic mass is 10.1. The summed E-state index contributed by atoms with van der Waals surface area (Å²) in [6.07, 6.45) is 4.66. The van der Waals surface area contributed by atoms with Crippen LogP contribution in [0.3, 0.4) is 0 Å². The van der Waals surface area contributed by atoms with Gasteiger partial charge in [-0.15, -0.1) is 11.8 Å². The van der Waals surface area contributed by atoms with Crippen molar-refractivity contribution < 1.29 is 19.2 Å². The Kier molecular flexibility index (Phi) is 8.46. The van der Waals surface area contributed by atoms with Crippen LogP contribution in [0.2, 0.25) is 0 Å². The molecule has 0 saturated carbocycles. The molecule has 3 rings (SSSR count). The molecule has 0 aliphatic heterocycles. The highest BCUT2D eigenvalue weighted by Gasteiger charge is 2.19. The Morgan fingerprint density at radius 3 is 2.63 bits per heavy atom. The average molecular weight is 499 g/mol. The van der Waals surface area contributed by atoms with Crippen LogP contribution in [-0.2, 0) is 4.79 Å². The van der Waals surface area contributed by atoms with Crippen LogP contribution in [0.15, 0.2) is 56.9 Å². The maximum atomic E-state index is 12.3. The Bertz CT molecular complexity index is 1380. The number of H-pyrrole nitrogens is 2. The van der Waals surface area contributed by atoms with Gasteiger partial charge in [-0.2, -0.15) is 0 Å². The number of nitrogens with one attached hydrogen (secondary N) is 3. The quantitative estimate of drug-likeness (QED) is 0.218. The summed E-state index contributed by atoms with van der Waals surface area (Å²) in [7, 11) is 0. The average Bonchev–Trinajstić information content (AvgIpc) is 2.81. The minimum atomic E-state index is -1.10. The topological polar surface area (TPSA) is 156 Å². The van der Waals surface area contributed by atoms with Crippen molar-refractivity contribution in [3.63, 3.8) is 0 Å². The minimum absolute atomic E-state index is 0.246. The third kappa shape index (κ3) is 6.84. The Labute approximate surface area is 203 Å². The number of amides is 1. The molecule has 3 N–H and O–H groups in total. The molecule has 1 aromatic heterocycles. The SMILES string of the molecule is CCOc1cc(/C=C/c2[nH]c(=O)[nH]c(=O)c2[N+](=O)[O-])ccc1OCC(=O)Nc1cccc(SC)c1. The molecule has 0 fully saturated rings. The Morgan fingerprint density at radius 1 is 1.11 bits per heavy atom. The van der Waals surface area contributed by atoms with Crippen molar-refractivity contribution in [2.24, 2.45) is 0 Å². The van der Waals surface area contributed by atoms with Gasteiger partial charge in [0.2, 0.25) is 0 Å². The number of thioether (sulfide) groups is 1. The van der Waals surface area contributed by atoms with Crippen LogP contribution in [0.5, 0.6) is 11.5 Å². The van der Waals surface area contributed by atoms with Gasteiger partial charge in [0.1, 0.15) is 5.69 Å². The molecule has 35 heavy (non-hydrogen) atoms. The van der Waals surface area contributed by atoms with Crippen LogP contribution in [0.25, 0.3) is 12.2 Å². The van der Waals surface area contributed by atoms with E-state index < -0.39 is 21.9 Å². The number of ether oxygens (including phenoxy) is 2. The van der Waals surface area contributed by atoms with Gasteiger partial charge in [-0.3, -0.25) is 24.7 Å². The van der Waals surface area contributed by atoms with E-state index in [1.165, 1.54) is 12.2 Å². The maximum absolute atomic E-state index is 12.3. The fourth-order valence-electron chi connectivity index (χ4n) is 3.04. The van der Waals surface area contributed by atoms with Crippen LogP contribution in [0.1, 0.15) is 18.2 Å². The Balaban J connectivity index is 1.75. The van der Waals surface area contributed by atoms with Crippen molar-refractivity contribution in [3.05, 3.63) is 84.7 Å². The summed E-state index contributed by atoms with van der Waals surface area (Å²) in [6.45, 7) is 1.85. The van der Waals surface area contributed by atoms with Crippen molar-refractivity contribution in [2.45, 2.75) is 11.8 Å². The molecule has 0 bridgehead atoms. The second-order valence-electron chi connectivity index (χ2n) is 6.97. The van der Waals surface area contributed by atoms with E-state index in [0.717, 1.165) is 4.90 Å². The Hall–Kier alpha value is -4.32. The third-order valence-corrected chi connectivity index (χ3v) is 5.28. The van der Waals surface area contributed by atoms with E-state index >= 15 is 0 Å². The molecule has 0 spiro atoms. The second-order valence-corrected chi connectivity index (χ2v) is 7.85. The van der Waals surface area contributed by atoms with E-state index in [-0.39, 0.29) is 18.2 Å². The zero-order valence-electron chi connectivity index (χ0n) is 18.8. The summed E-state index contributed by atoms with van der Waals surface area (Å²) in [5, 5.41) is 14.0. The van der Waals surface area contributed by atoms with Gasteiger partial charge in [0.15, 0.2) is 18.1 Å². The summed E-state index contributed by atoms with van der Waals surface area (Å²) in [4.78, 5) is 51.0. The first-order valence-corrected chi connectivity index (χ1v) is 11.6. The highest BCUT2D eigenvalue weighted by Crippen LogP contribution is 2.29. The number of anilines is 1. The lowest BCUT2D eigenvalue weighted by Gasteiger charge is -2.13. The first-order valence-electron chi connectivity index (χ1n) is 10.3. The zero-order valence-corrected chi connectivity index (χ0v) is 19.6. The molecule has 2 aromatic carbocycles. The summed E-state index contributed by atoms with van der Waals surface area (Å²) < 4.78 is 11.2. The molecule has 1 heterocycles. The second kappa shape index (κ2) is 11.7. The molecule has 1 amide bonds. The number of hydrogen-bond acceptors (Lipinski definition) is 8. The van der Waals surface area contributed by atoms with Gasteiger partial charge in [0.05, 0.1) is 11.5 Å². The standard InChI is InChI=1S/C23H22N4O7S/c1-3-33-19-11-14(7-9-17-21(27(31)32)22(29)26-23(30)25-17)8-10-18(19)34-13-20(28)24-15-5-4-6-16(12-15)35-2/h4-12H,3,13H2,1-2H3,(H,24,28)(H2,25,26,29,30)/b9-7+. The van der Waals surface area contributed by atoms with Crippen molar-refractivity contribution in [1.82, 2.24) is 9.97 Å². The van der Waals surface area contributed by atoms with Crippen LogP contribution < -0.4 is 26.0 Å². The summed E-state index contributed by atoms with van der Waals surface area (Å²) in [5.41, 5.74) is -1.78.